The number of aliphatic hydroxyl groups is 1. The first-order valence-corrected chi connectivity index (χ1v) is 5.65. The zero-order valence-corrected chi connectivity index (χ0v) is 10.1. The first kappa shape index (κ1) is 15.3. The monoisotopic (exact) mass is 276 g/mol. The van der Waals surface area contributed by atoms with Crippen molar-refractivity contribution in [2.45, 2.75) is 25.1 Å². The Bertz CT molecular complexity index is 435. The van der Waals surface area contributed by atoms with Crippen LogP contribution in [0, 0.1) is 0 Å². The number of hydrogen-bond acceptors (Lipinski definition) is 3. The highest BCUT2D eigenvalue weighted by Gasteiger charge is 2.38. The van der Waals surface area contributed by atoms with E-state index in [-0.39, 0.29) is 6.42 Å². The summed E-state index contributed by atoms with van der Waals surface area (Å²) in [6.07, 6.45) is -6.85. The molecule has 1 aromatic carbocycles. The summed E-state index contributed by atoms with van der Waals surface area (Å²) >= 11 is 0. The predicted octanol–water partition coefficient (Wildman–Crippen LogP) is 1.24. The van der Waals surface area contributed by atoms with Crippen LogP contribution in [0.1, 0.15) is 12.0 Å². The second-order valence-corrected chi connectivity index (χ2v) is 4.11. The van der Waals surface area contributed by atoms with Gasteiger partial charge >= 0.3 is 6.18 Å². The van der Waals surface area contributed by atoms with Crippen LogP contribution >= 0.6 is 0 Å². The molecule has 1 amide bonds. The summed E-state index contributed by atoms with van der Waals surface area (Å²) in [7, 11) is 0. The number of aryl methyl sites for hydroxylation is 1. The van der Waals surface area contributed by atoms with Gasteiger partial charge in [-0.25, -0.2) is 0 Å². The summed E-state index contributed by atoms with van der Waals surface area (Å²) in [6.45, 7) is -0.834. The lowest BCUT2D eigenvalue weighted by atomic mass is 10.1. The third-order valence-electron chi connectivity index (χ3n) is 2.46. The Morgan fingerprint density at radius 1 is 1.42 bits per heavy atom. The molecule has 0 aliphatic carbocycles. The van der Waals surface area contributed by atoms with Crippen LogP contribution in [0.3, 0.4) is 0 Å². The van der Waals surface area contributed by atoms with Crippen LogP contribution in [0.2, 0.25) is 0 Å². The van der Waals surface area contributed by atoms with Crippen molar-refractivity contribution < 1.29 is 23.1 Å². The van der Waals surface area contributed by atoms with Crippen LogP contribution in [-0.4, -0.2) is 29.8 Å². The lowest BCUT2D eigenvalue weighted by Gasteiger charge is -2.14. The number of anilines is 1. The molecule has 0 aromatic heterocycles. The number of amides is 1. The van der Waals surface area contributed by atoms with Gasteiger partial charge in [-0.2, -0.15) is 13.2 Å². The summed E-state index contributed by atoms with van der Waals surface area (Å²) in [5, 5.41) is 10.7. The molecule has 1 rings (SSSR count). The molecular formula is C12H15F3N2O2. The van der Waals surface area contributed by atoms with Crippen LogP contribution < -0.4 is 11.1 Å². The molecule has 0 aliphatic heterocycles. The van der Waals surface area contributed by atoms with Crippen molar-refractivity contribution in [3.8, 4) is 0 Å². The largest absolute Gasteiger partial charge is 0.416 e. The van der Waals surface area contributed by atoms with Gasteiger partial charge in [-0.15, -0.1) is 0 Å². The molecule has 0 spiro atoms. The molecule has 0 aliphatic rings. The Kier molecular flexibility index (Phi) is 5.17. The predicted molar refractivity (Wildman–Crippen MR) is 64.2 cm³/mol. The fourth-order valence-corrected chi connectivity index (χ4v) is 1.42. The van der Waals surface area contributed by atoms with E-state index in [1.54, 1.807) is 24.3 Å². The van der Waals surface area contributed by atoms with Crippen molar-refractivity contribution in [3.63, 3.8) is 0 Å². The Hall–Kier alpha value is -1.76. The highest BCUT2D eigenvalue weighted by atomic mass is 19.4. The molecule has 4 N–H and O–H groups in total. The number of rotatable bonds is 5. The van der Waals surface area contributed by atoms with Gasteiger partial charge in [0.1, 0.15) is 0 Å². The number of carbonyl (C=O) groups excluding carboxylic acids is 1. The Morgan fingerprint density at radius 2 is 2.11 bits per heavy atom. The van der Waals surface area contributed by atoms with Crippen molar-refractivity contribution >= 4 is 11.6 Å². The molecule has 0 heterocycles. The second-order valence-electron chi connectivity index (χ2n) is 4.11. The third-order valence-corrected chi connectivity index (χ3v) is 2.46. The first-order chi connectivity index (χ1) is 8.79. The molecule has 1 atom stereocenters. The summed E-state index contributed by atoms with van der Waals surface area (Å²) in [6, 6.07) is 6.89. The maximum Gasteiger partial charge on any atom is 0.416 e. The lowest BCUT2D eigenvalue weighted by molar-refractivity contribution is -0.201. The van der Waals surface area contributed by atoms with E-state index in [1.165, 1.54) is 0 Å². The number of benzene rings is 1. The molecule has 1 unspecified atom stereocenters. The van der Waals surface area contributed by atoms with Crippen molar-refractivity contribution in [3.05, 3.63) is 29.8 Å². The molecule has 7 heteroatoms. The van der Waals surface area contributed by atoms with E-state index in [1.807, 2.05) is 5.32 Å². The minimum Gasteiger partial charge on any atom is -0.399 e. The molecule has 19 heavy (non-hydrogen) atoms. The second kappa shape index (κ2) is 6.42. The van der Waals surface area contributed by atoms with Crippen LogP contribution in [0.25, 0.3) is 0 Å². The number of carbonyl (C=O) groups is 1. The average molecular weight is 276 g/mol. The zero-order chi connectivity index (χ0) is 14.5. The molecule has 0 radical (unpaired) electrons. The highest BCUT2D eigenvalue weighted by molar-refractivity contribution is 5.76. The van der Waals surface area contributed by atoms with E-state index in [0.29, 0.717) is 12.1 Å². The number of nitrogens with two attached hydrogens (primary N) is 1. The molecule has 0 fully saturated rings. The quantitative estimate of drug-likeness (QED) is 0.708. The van der Waals surface area contributed by atoms with Gasteiger partial charge in [0.15, 0.2) is 6.10 Å². The van der Waals surface area contributed by atoms with E-state index in [9.17, 15) is 18.0 Å². The van der Waals surface area contributed by atoms with E-state index in [4.69, 9.17) is 10.8 Å². The van der Waals surface area contributed by atoms with Crippen LogP contribution in [-0.2, 0) is 11.2 Å². The van der Waals surface area contributed by atoms with E-state index >= 15 is 0 Å². The van der Waals surface area contributed by atoms with Gasteiger partial charge in [0.2, 0.25) is 5.91 Å². The molecule has 4 nitrogen and oxygen atoms in total. The minimum absolute atomic E-state index is 0.0357. The maximum atomic E-state index is 12.0. The smallest absolute Gasteiger partial charge is 0.399 e. The number of alkyl halides is 3. The molecule has 0 bridgehead atoms. The van der Waals surface area contributed by atoms with Crippen molar-refractivity contribution in [1.29, 1.82) is 0 Å². The lowest BCUT2D eigenvalue weighted by Crippen LogP contribution is -2.40. The Balaban J connectivity index is 2.33. The summed E-state index contributed by atoms with van der Waals surface area (Å²) < 4.78 is 35.9. The minimum atomic E-state index is -4.72. The highest BCUT2D eigenvalue weighted by Crippen LogP contribution is 2.19. The normalized spacial score (nSPS) is 13.1. The summed E-state index contributed by atoms with van der Waals surface area (Å²) in [4.78, 5) is 11.3. The average Bonchev–Trinajstić information content (AvgIpc) is 2.32. The van der Waals surface area contributed by atoms with Crippen molar-refractivity contribution in [1.82, 2.24) is 5.32 Å². The van der Waals surface area contributed by atoms with Gasteiger partial charge in [0.05, 0.1) is 6.54 Å². The van der Waals surface area contributed by atoms with Crippen molar-refractivity contribution in [2.24, 2.45) is 0 Å². The van der Waals surface area contributed by atoms with Gasteiger partial charge < -0.3 is 16.2 Å². The number of nitrogens with one attached hydrogen (secondary N) is 1. The molecule has 1 aromatic rings. The Labute approximate surface area is 108 Å². The third kappa shape index (κ3) is 5.60. The fourth-order valence-electron chi connectivity index (χ4n) is 1.42. The maximum absolute atomic E-state index is 12.0. The van der Waals surface area contributed by atoms with Crippen molar-refractivity contribution in [2.75, 3.05) is 12.3 Å². The fraction of sp³-hybridized carbons (Fsp3) is 0.417. The van der Waals surface area contributed by atoms with Crippen LogP contribution in [0.15, 0.2) is 24.3 Å². The number of nitrogen functional groups attached to an aromatic ring is 1. The van der Waals surface area contributed by atoms with E-state index < -0.39 is 24.7 Å². The number of aliphatic hydroxyl groups excluding tert-OH is 1. The van der Waals surface area contributed by atoms with Gasteiger partial charge in [-0.3, -0.25) is 4.79 Å². The summed E-state index contributed by atoms with van der Waals surface area (Å²) in [5.41, 5.74) is 6.94. The van der Waals surface area contributed by atoms with E-state index in [0.717, 1.165) is 5.56 Å². The van der Waals surface area contributed by atoms with Crippen LogP contribution in [0.5, 0.6) is 0 Å². The van der Waals surface area contributed by atoms with Gasteiger partial charge in [0.25, 0.3) is 0 Å². The van der Waals surface area contributed by atoms with Gasteiger partial charge in [-0.1, -0.05) is 12.1 Å². The number of halogens is 3. The Morgan fingerprint density at radius 3 is 2.68 bits per heavy atom. The van der Waals surface area contributed by atoms with Crippen LogP contribution in [0.4, 0.5) is 18.9 Å². The molecule has 0 saturated heterocycles. The summed E-state index contributed by atoms with van der Waals surface area (Å²) in [5.74, 6) is -0.550. The standard InChI is InChI=1S/C12H15F3N2O2/c13-12(14,15)10(18)7-17-11(19)5-4-8-2-1-3-9(16)6-8/h1-3,6,10,18H,4-5,7,16H2,(H,17,19). The van der Waals surface area contributed by atoms with Gasteiger partial charge in [0, 0.05) is 12.1 Å². The topological polar surface area (TPSA) is 75.4 Å². The zero-order valence-electron chi connectivity index (χ0n) is 10.1. The van der Waals surface area contributed by atoms with Gasteiger partial charge in [-0.05, 0) is 24.1 Å². The SMILES string of the molecule is Nc1cccc(CCC(=O)NCC(O)C(F)(F)F)c1. The van der Waals surface area contributed by atoms with E-state index in [2.05, 4.69) is 0 Å². The molecule has 0 saturated carbocycles. The molecule has 106 valence electrons. The number of hydrogen-bond donors (Lipinski definition) is 3. The first-order valence-electron chi connectivity index (χ1n) is 5.65. The molecular weight excluding hydrogens is 261 g/mol.